The summed E-state index contributed by atoms with van der Waals surface area (Å²) < 4.78 is 4.39. The number of ether oxygens (including phenoxy) is 1. The molecule has 0 fully saturated rings. The molecule has 0 aliphatic heterocycles. The quantitative estimate of drug-likeness (QED) is 0.312. The number of nitrogens with zero attached hydrogens (tertiary/aromatic N) is 1. The lowest BCUT2D eigenvalue weighted by Gasteiger charge is -2.06. The van der Waals surface area contributed by atoms with Gasteiger partial charge in [-0.3, -0.25) is 9.59 Å². The number of carbonyl (C=O) groups excluding carboxylic acids is 2. The number of aromatic hydroxyl groups is 1. The number of methoxy groups -OCH3 is 1. The van der Waals surface area contributed by atoms with E-state index < -0.39 is 11.9 Å². The lowest BCUT2D eigenvalue weighted by molar-refractivity contribution is -0.139. The Hall–Kier alpha value is -3.01. The number of phenols is 1. The second-order valence-electron chi connectivity index (χ2n) is 3.60. The summed E-state index contributed by atoms with van der Waals surface area (Å²) in [7, 11) is 1.23. The number of anilines is 1. The van der Waals surface area contributed by atoms with Gasteiger partial charge in [-0.05, 0) is 12.1 Å². The second kappa shape index (κ2) is 7.43. The van der Waals surface area contributed by atoms with Gasteiger partial charge in [-0.1, -0.05) is 12.1 Å². The minimum absolute atomic E-state index is 0.111. The van der Waals surface area contributed by atoms with Crippen molar-refractivity contribution in [2.45, 2.75) is 0 Å². The third kappa shape index (κ3) is 4.34. The number of nitrogens with one attached hydrogen (secondary N) is 2. The van der Waals surface area contributed by atoms with Crippen LogP contribution in [0.4, 0.5) is 5.69 Å². The molecular formula is C13H13N3O4. The highest BCUT2D eigenvalue weighted by Crippen LogP contribution is 2.21. The van der Waals surface area contributed by atoms with E-state index in [-0.39, 0.29) is 23.6 Å². The molecule has 1 rings (SSSR count). The molecule has 1 amide bonds. The molecule has 0 heterocycles. The summed E-state index contributed by atoms with van der Waals surface area (Å²) in [6.07, 6.45) is 1.10. The second-order valence-corrected chi connectivity index (χ2v) is 3.60. The first kappa shape index (κ1) is 15.0. The Balaban J connectivity index is 2.69. The van der Waals surface area contributed by atoms with Gasteiger partial charge in [0.05, 0.1) is 12.8 Å². The number of phenolic OH excluding ortho intramolecular Hbond substituents is 1. The predicted octanol–water partition coefficient (Wildman–Crippen LogP) is 0.501. The van der Waals surface area contributed by atoms with Crippen LogP contribution >= 0.6 is 0 Å². The number of hydrogen-bond acceptors (Lipinski definition) is 6. The van der Waals surface area contributed by atoms with Gasteiger partial charge in [0.25, 0.3) is 5.91 Å². The fourth-order valence-corrected chi connectivity index (χ4v) is 1.23. The highest BCUT2D eigenvalue weighted by atomic mass is 16.5. The van der Waals surface area contributed by atoms with E-state index in [1.165, 1.54) is 19.2 Å². The molecule has 20 heavy (non-hydrogen) atoms. The number of para-hydroxylation sites is 2. The van der Waals surface area contributed by atoms with E-state index in [0.717, 1.165) is 6.20 Å². The van der Waals surface area contributed by atoms with E-state index >= 15 is 0 Å². The highest BCUT2D eigenvalue weighted by molar-refractivity contribution is 6.07. The number of nitriles is 1. The van der Waals surface area contributed by atoms with Gasteiger partial charge >= 0.3 is 5.97 Å². The summed E-state index contributed by atoms with van der Waals surface area (Å²) in [4.78, 5) is 22.6. The van der Waals surface area contributed by atoms with E-state index in [2.05, 4.69) is 15.4 Å². The average molecular weight is 275 g/mol. The molecule has 0 aliphatic rings. The van der Waals surface area contributed by atoms with Crippen LogP contribution in [-0.2, 0) is 14.3 Å². The molecule has 7 nitrogen and oxygen atoms in total. The molecule has 0 spiro atoms. The first-order valence-corrected chi connectivity index (χ1v) is 5.58. The zero-order valence-corrected chi connectivity index (χ0v) is 10.7. The first-order valence-electron chi connectivity index (χ1n) is 5.58. The molecule has 0 radical (unpaired) electrons. The van der Waals surface area contributed by atoms with E-state index in [9.17, 15) is 14.7 Å². The third-order valence-corrected chi connectivity index (χ3v) is 2.24. The number of benzene rings is 1. The summed E-state index contributed by atoms with van der Waals surface area (Å²) in [6.45, 7) is -0.161. The van der Waals surface area contributed by atoms with Crippen LogP contribution in [-0.4, -0.2) is 30.6 Å². The number of amides is 1. The van der Waals surface area contributed by atoms with Crippen LogP contribution < -0.4 is 10.6 Å². The Morgan fingerprint density at radius 2 is 2.15 bits per heavy atom. The third-order valence-electron chi connectivity index (χ3n) is 2.24. The van der Waals surface area contributed by atoms with Crippen molar-refractivity contribution in [3.8, 4) is 11.8 Å². The summed E-state index contributed by atoms with van der Waals surface area (Å²) in [5, 5.41) is 23.2. The van der Waals surface area contributed by atoms with Crippen LogP contribution in [0.25, 0.3) is 0 Å². The van der Waals surface area contributed by atoms with Gasteiger partial charge in [-0.15, -0.1) is 0 Å². The molecule has 0 atom stereocenters. The van der Waals surface area contributed by atoms with Gasteiger partial charge in [-0.2, -0.15) is 5.26 Å². The average Bonchev–Trinajstić information content (AvgIpc) is 2.45. The molecule has 0 unspecified atom stereocenters. The Morgan fingerprint density at radius 3 is 2.75 bits per heavy atom. The number of hydrogen-bond donors (Lipinski definition) is 3. The zero-order valence-electron chi connectivity index (χ0n) is 10.7. The Kier molecular flexibility index (Phi) is 5.59. The van der Waals surface area contributed by atoms with Gasteiger partial charge in [-0.25, -0.2) is 0 Å². The Labute approximate surface area is 115 Å². The van der Waals surface area contributed by atoms with Crippen molar-refractivity contribution < 1.29 is 19.4 Å². The maximum Gasteiger partial charge on any atom is 0.325 e. The van der Waals surface area contributed by atoms with Crippen molar-refractivity contribution in [2.75, 3.05) is 19.0 Å². The van der Waals surface area contributed by atoms with Gasteiger partial charge < -0.3 is 20.5 Å². The molecule has 1 aromatic carbocycles. The molecule has 104 valence electrons. The highest BCUT2D eigenvalue weighted by Gasteiger charge is 2.11. The molecule has 1 aromatic rings. The summed E-state index contributed by atoms with van der Waals surface area (Å²) >= 11 is 0. The number of carbonyl (C=O) groups is 2. The first-order chi connectivity index (χ1) is 9.58. The van der Waals surface area contributed by atoms with E-state index in [0.29, 0.717) is 0 Å². The molecular weight excluding hydrogens is 262 g/mol. The summed E-state index contributed by atoms with van der Waals surface area (Å²) in [6, 6.07) is 7.81. The van der Waals surface area contributed by atoms with Crippen molar-refractivity contribution >= 4 is 17.6 Å². The largest absolute Gasteiger partial charge is 0.506 e. The summed E-state index contributed by atoms with van der Waals surface area (Å²) in [5.41, 5.74) is -0.0521. The van der Waals surface area contributed by atoms with Crippen LogP contribution in [0.5, 0.6) is 5.75 Å². The van der Waals surface area contributed by atoms with Gasteiger partial charge in [0.2, 0.25) is 0 Å². The molecule has 3 N–H and O–H groups in total. The van der Waals surface area contributed by atoms with Gasteiger partial charge in [0.15, 0.2) is 0 Å². The van der Waals surface area contributed by atoms with Gasteiger partial charge in [0.1, 0.15) is 23.9 Å². The van der Waals surface area contributed by atoms with Crippen molar-refractivity contribution in [2.24, 2.45) is 0 Å². The lowest BCUT2D eigenvalue weighted by Crippen LogP contribution is -2.22. The van der Waals surface area contributed by atoms with Crippen molar-refractivity contribution in [1.82, 2.24) is 5.32 Å². The van der Waals surface area contributed by atoms with E-state index in [4.69, 9.17) is 5.26 Å². The molecule has 0 aliphatic carbocycles. The van der Waals surface area contributed by atoms with Crippen molar-refractivity contribution in [1.29, 1.82) is 5.26 Å². The Morgan fingerprint density at radius 1 is 1.45 bits per heavy atom. The minimum atomic E-state index is -0.702. The standard InChI is InChI=1S/C13H13N3O4/c1-20-12(18)8-15-7-9(6-14)13(19)16-10-4-2-3-5-11(10)17/h2-5,7,15,17H,8H2,1H3,(H,16,19)/b9-7-. The zero-order chi connectivity index (χ0) is 15.0. The fraction of sp³-hybridized carbons (Fsp3) is 0.154. The van der Waals surface area contributed by atoms with Crippen LogP contribution in [0.2, 0.25) is 0 Å². The van der Waals surface area contributed by atoms with Crippen LogP contribution in [0.1, 0.15) is 0 Å². The fourth-order valence-electron chi connectivity index (χ4n) is 1.23. The predicted molar refractivity (Wildman–Crippen MR) is 70.5 cm³/mol. The minimum Gasteiger partial charge on any atom is -0.506 e. The smallest absolute Gasteiger partial charge is 0.325 e. The normalized spacial score (nSPS) is 10.3. The number of rotatable bonds is 5. The van der Waals surface area contributed by atoms with Crippen molar-refractivity contribution in [3.63, 3.8) is 0 Å². The van der Waals surface area contributed by atoms with Crippen molar-refractivity contribution in [3.05, 3.63) is 36.0 Å². The molecule has 0 saturated heterocycles. The Bertz CT molecular complexity index is 575. The maximum absolute atomic E-state index is 11.8. The molecule has 7 heteroatoms. The van der Waals surface area contributed by atoms with E-state index in [1.807, 2.05) is 0 Å². The van der Waals surface area contributed by atoms with Crippen LogP contribution in [0.3, 0.4) is 0 Å². The molecule has 0 bridgehead atoms. The maximum atomic E-state index is 11.8. The summed E-state index contributed by atoms with van der Waals surface area (Å²) in [5.74, 6) is -1.34. The van der Waals surface area contributed by atoms with Gasteiger partial charge in [0, 0.05) is 6.20 Å². The number of esters is 1. The SMILES string of the molecule is COC(=O)CN/C=C(/C#N)C(=O)Nc1ccccc1O. The topological polar surface area (TPSA) is 111 Å². The molecule has 0 saturated carbocycles. The van der Waals surface area contributed by atoms with Crippen LogP contribution in [0, 0.1) is 11.3 Å². The lowest BCUT2D eigenvalue weighted by atomic mass is 10.2. The molecule has 0 aromatic heterocycles. The monoisotopic (exact) mass is 275 g/mol. The van der Waals surface area contributed by atoms with Crippen LogP contribution in [0.15, 0.2) is 36.0 Å². The van der Waals surface area contributed by atoms with E-state index in [1.54, 1.807) is 18.2 Å².